The molecule has 0 N–H and O–H groups in total. The fourth-order valence-electron chi connectivity index (χ4n) is 2.38. The molecule has 0 atom stereocenters. The van der Waals surface area contributed by atoms with Crippen molar-refractivity contribution >= 4 is 11.3 Å². The van der Waals surface area contributed by atoms with Gasteiger partial charge >= 0.3 is 0 Å². The summed E-state index contributed by atoms with van der Waals surface area (Å²) in [5.74, 6) is 0.169. The maximum Gasteiger partial charge on any atom is 0.166 e. The standard InChI is InChI=1S/C17H16N2O/c20-17(11-6-9-14-7-2-1-3-8-14)15-13-18-19-12-5-4-10-16(15)19/h1-5,7-8,10,12-13H,6,9,11H2. The topological polar surface area (TPSA) is 34.4 Å². The highest BCUT2D eigenvalue weighted by atomic mass is 16.1. The molecule has 3 aromatic rings. The van der Waals surface area contributed by atoms with Crippen molar-refractivity contribution in [2.75, 3.05) is 0 Å². The number of ketones is 1. The van der Waals surface area contributed by atoms with Crippen LogP contribution in [0.15, 0.2) is 60.9 Å². The van der Waals surface area contributed by atoms with Crippen molar-refractivity contribution in [1.29, 1.82) is 0 Å². The van der Waals surface area contributed by atoms with Crippen LogP contribution in [-0.2, 0) is 6.42 Å². The lowest BCUT2D eigenvalue weighted by Gasteiger charge is -2.01. The highest BCUT2D eigenvalue weighted by Gasteiger charge is 2.11. The van der Waals surface area contributed by atoms with Gasteiger partial charge in [-0.1, -0.05) is 36.4 Å². The van der Waals surface area contributed by atoms with Crippen LogP contribution >= 0.6 is 0 Å². The molecule has 3 heteroatoms. The number of hydrogen-bond acceptors (Lipinski definition) is 2. The van der Waals surface area contributed by atoms with E-state index >= 15 is 0 Å². The van der Waals surface area contributed by atoms with Gasteiger partial charge in [0.05, 0.1) is 17.3 Å². The minimum Gasteiger partial charge on any atom is -0.294 e. The molecule has 100 valence electrons. The third kappa shape index (κ3) is 2.62. The fraction of sp³-hybridized carbons (Fsp3) is 0.176. The summed E-state index contributed by atoms with van der Waals surface area (Å²) in [5, 5.41) is 4.20. The molecule has 3 rings (SSSR count). The van der Waals surface area contributed by atoms with E-state index in [0.29, 0.717) is 6.42 Å². The Labute approximate surface area is 117 Å². The second-order valence-electron chi connectivity index (χ2n) is 4.85. The molecule has 0 radical (unpaired) electrons. The second kappa shape index (κ2) is 5.70. The maximum atomic E-state index is 12.3. The molecular formula is C17H16N2O. The summed E-state index contributed by atoms with van der Waals surface area (Å²) in [6, 6.07) is 16.0. The molecule has 0 amide bonds. The summed E-state index contributed by atoms with van der Waals surface area (Å²) >= 11 is 0. The van der Waals surface area contributed by atoms with Crippen molar-refractivity contribution < 1.29 is 4.79 Å². The van der Waals surface area contributed by atoms with Crippen LogP contribution in [0.4, 0.5) is 0 Å². The molecule has 0 aliphatic rings. The minimum absolute atomic E-state index is 0.169. The highest BCUT2D eigenvalue weighted by molar-refractivity contribution is 6.02. The van der Waals surface area contributed by atoms with Gasteiger partial charge in [0.15, 0.2) is 5.78 Å². The van der Waals surface area contributed by atoms with E-state index in [1.165, 1.54) is 5.56 Å². The van der Waals surface area contributed by atoms with Crippen LogP contribution < -0.4 is 0 Å². The molecule has 3 nitrogen and oxygen atoms in total. The number of benzene rings is 1. The monoisotopic (exact) mass is 264 g/mol. The van der Waals surface area contributed by atoms with Crippen LogP contribution in [0.5, 0.6) is 0 Å². The normalized spacial score (nSPS) is 10.8. The lowest BCUT2D eigenvalue weighted by Crippen LogP contribution is -1.99. The molecule has 0 saturated heterocycles. The SMILES string of the molecule is O=C(CCCc1ccccc1)c1cnn2ccccc12. The van der Waals surface area contributed by atoms with Gasteiger partial charge in [0, 0.05) is 12.6 Å². The van der Waals surface area contributed by atoms with E-state index in [2.05, 4.69) is 17.2 Å². The molecule has 0 aliphatic heterocycles. The van der Waals surface area contributed by atoms with E-state index < -0.39 is 0 Å². The van der Waals surface area contributed by atoms with Crippen LogP contribution in [0.25, 0.3) is 5.52 Å². The number of Topliss-reactive ketones (excluding diaryl/α,β-unsaturated/α-hetero) is 1. The van der Waals surface area contributed by atoms with Crippen molar-refractivity contribution in [3.05, 3.63) is 72.1 Å². The zero-order chi connectivity index (χ0) is 13.8. The first-order chi connectivity index (χ1) is 9.84. The Morgan fingerprint density at radius 2 is 1.85 bits per heavy atom. The zero-order valence-electron chi connectivity index (χ0n) is 11.2. The predicted octanol–water partition coefficient (Wildman–Crippen LogP) is 3.54. The van der Waals surface area contributed by atoms with E-state index in [4.69, 9.17) is 0 Å². The van der Waals surface area contributed by atoms with Gasteiger partial charge in [-0.3, -0.25) is 4.79 Å². The molecule has 0 spiro atoms. The Morgan fingerprint density at radius 1 is 1.05 bits per heavy atom. The van der Waals surface area contributed by atoms with Gasteiger partial charge < -0.3 is 0 Å². The zero-order valence-corrected chi connectivity index (χ0v) is 11.2. The quantitative estimate of drug-likeness (QED) is 0.660. The summed E-state index contributed by atoms with van der Waals surface area (Å²) < 4.78 is 1.74. The largest absolute Gasteiger partial charge is 0.294 e. The summed E-state index contributed by atoms with van der Waals surface area (Å²) in [4.78, 5) is 12.3. The number of aryl methyl sites for hydroxylation is 1. The van der Waals surface area contributed by atoms with Crippen molar-refractivity contribution in [3.8, 4) is 0 Å². The molecule has 20 heavy (non-hydrogen) atoms. The van der Waals surface area contributed by atoms with E-state index in [-0.39, 0.29) is 5.78 Å². The number of fused-ring (bicyclic) bond motifs is 1. The average molecular weight is 264 g/mol. The molecule has 0 bridgehead atoms. The summed E-state index contributed by atoms with van der Waals surface area (Å²) in [6.07, 6.45) is 5.89. The predicted molar refractivity (Wildman–Crippen MR) is 78.9 cm³/mol. The minimum atomic E-state index is 0.169. The number of carbonyl (C=O) groups excluding carboxylic acids is 1. The molecule has 2 aromatic heterocycles. The number of aromatic nitrogens is 2. The molecule has 0 saturated carbocycles. The van der Waals surface area contributed by atoms with E-state index in [9.17, 15) is 4.79 Å². The van der Waals surface area contributed by atoms with Crippen LogP contribution in [-0.4, -0.2) is 15.4 Å². The molecule has 0 fully saturated rings. The first kappa shape index (κ1) is 12.6. The molecular weight excluding hydrogens is 248 g/mol. The number of pyridine rings is 1. The van der Waals surface area contributed by atoms with Crippen molar-refractivity contribution in [3.63, 3.8) is 0 Å². The van der Waals surface area contributed by atoms with Crippen molar-refractivity contribution in [2.24, 2.45) is 0 Å². The average Bonchev–Trinajstić information content (AvgIpc) is 2.92. The molecule has 0 unspecified atom stereocenters. The Morgan fingerprint density at radius 3 is 2.70 bits per heavy atom. The summed E-state index contributed by atoms with van der Waals surface area (Å²) in [7, 11) is 0. The van der Waals surface area contributed by atoms with Gasteiger partial charge in [-0.05, 0) is 30.5 Å². The van der Waals surface area contributed by atoms with Gasteiger partial charge in [0.25, 0.3) is 0 Å². The number of hydrogen-bond donors (Lipinski definition) is 0. The van der Waals surface area contributed by atoms with Gasteiger partial charge in [0.2, 0.25) is 0 Å². The third-order valence-corrected chi connectivity index (χ3v) is 3.44. The van der Waals surface area contributed by atoms with Crippen LogP contribution in [0.1, 0.15) is 28.8 Å². The first-order valence-corrected chi connectivity index (χ1v) is 6.84. The van der Waals surface area contributed by atoms with Crippen molar-refractivity contribution in [1.82, 2.24) is 9.61 Å². The van der Waals surface area contributed by atoms with Gasteiger partial charge in [-0.15, -0.1) is 0 Å². The highest BCUT2D eigenvalue weighted by Crippen LogP contribution is 2.14. The molecule has 1 aromatic carbocycles. The smallest absolute Gasteiger partial charge is 0.166 e. The lowest BCUT2D eigenvalue weighted by atomic mass is 10.0. The van der Waals surface area contributed by atoms with Crippen molar-refractivity contribution in [2.45, 2.75) is 19.3 Å². The number of rotatable bonds is 5. The molecule has 0 aliphatic carbocycles. The third-order valence-electron chi connectivity index (χ3n) is 3.44. The van der Waals surface area contributed by atoms with E-state index in [0.717, 1.165) is 23.9 Å². The molecule has 2 heterocycles. The van der Waals surface area contributed by atoms with Gasteiger partial charge in [0.1, 0.15) is 0 Å². The summed E-state index contributed by atoms with van der Waals surface area (Å²) in [5.41, 5.74) is 2.89. The lowest BCUT2D eigenvalue weighted by molar-refractivity contribution is 0.0982. The van der Waals surface area contributed by atoms with Crippen LogP contribution in [0, 0.1) is 0 Å². The van der Waals surface area contributed by atoms with E-state index in [1.807, 2.05) is 42.6 Å². The van der Waals surface area contributed by atoms with Crippen LogP contribution in [0.3, 0.4) is 0 Å². The van der Waals surface area contributed by atoms with Gasteiger partial charge in [-0.2, -0.15) is 5.10 Å². The Kier molecular flexibility index (Phi) is 3.59. The Hall–Kier alpha value is -2.42. The fourth-order valence-corrected chi connectivity index (χ4v) is 2.38. The van der Waals surface area contributed by atoms with Crippen LogP contribution in [0.2, 0.25) is 0 Å². The maximum absolute atomic E-state index is 12.3. The number of carbonyl (C=O) groups is 1. The summed E-state index contributed by atoms with van der Waals surface area (Å²) in [6.45, 7) is 0. The Bertz CT molecular complexity index is 716. The van der Waals surface area contributed by atoms with E-state index in [1.54, 1.807) is 10.7 Å². The van der Waals surface area contributed by atoms with Gasteiger partial charge in [-0.25, -0.2) is 4.52 Å². The second-order valence-corrected chi connectivity index (χ2v) is 4.85. The first-order valence-electron chi connectivity index (χ1n) is 6.84. The Balaban J connectivity index is 1.65. The number of nitrogens with zero attached hydrogens (tertiary/aromatic N) is 2.